The summed E-state index contributed by atoms with van der Waals surface area (Å²) in [6, 6.07) is 6.84. The van der Waals surface area contributed by atoms with Crippen molar-refractivity contribution in [3.05, 3.63) is 47.3 Å². The number of alkyl halides is 3. The molecule has 0 fully saturated rings. The molecule has 0 radical (unpaired) electrons. The molecule has 0 bridgehead atoms. The van der Waals surface area contributed by atoms with Gasteiger partial charge in [0.1, 0.15) is 0 Å². The highest BCUT2D eigenvalue weighted by atomic mass is 19.4. The predicted molar refractivity (Wildman–Crippen MR) is 61.2 cm³/mol. The summed E-state index contributed by atoms with van der Waals surface area (Å²) in [4.78, 5) is 0. The Hall–Kier alpha value is -2.33. The van der Waals surface area contributed by atoms with Crippen LogP contribution < -0.4 is 5.73 Å². The first-order valence-electron chi connectivity index (χ1n) is 5.32. The maximum absolute atomic E-state index is 13.1. The van der Waals surface area contributed by atoms with E-state index in [4.69, 9.17) is 11.0 Å². The standard InChI is InChI=1S/C12H9F3N4/c13-12(14,15)11-8(6-16)2-1-3-10(11)19-5-4-9(7-17)18-19/h1-5H,7,17H2. The van der Waals surface area contributed by atoms with Gasteiger partial charge in [0, 0.05) is 12.7 Å². The fraction of sp³-hybridized carbons (Fsp3) is 0.167. The molecular formula is C12H9F3N4. The second kappa shape index (κ2) is 4.74. The Kier molecular flexibility index (Phi) is 3.27. The van der Waals surface area contributed by atoms with Crippen LogP contribution in [-0.4, -0.2) is 9.78 Å². The van der Waals surface area contributed by atoms with E-state index in [1.54, 1.807) is 6.07 Å². The molecule has 1 aromatic carbocycles. The van der Waals surface area contributed by atoms with Crippen LogP contribution in [0.3, 0.4) is 0 Å². The number of rotatable bonds is 2. The molecule has 2 N–H and O–H groups in total. The zero-order valence-electron chi connectivity index (χ0n) is 9.65. The van der Waals surface area contributed by atoms with E-state index >= 15 is 0 Å². The van der Waals surface area contributed by atoms with Crippen molar-refractivity contribution in [2.45, 2.75) is 12.7 Å². The minimum atomic E-state index is -4.63. The first-order valence-corrected chi connectivity index (χ1v) is 5.32. The molecule has 7 heteroatoms. The van der Waals surface area contributed by atoms with Gasteiger partial charge in [-0.25, -0.2) is 4.68 Å². The fourth-order valence-electron chi connectivity index (χ4n) is 1.73. The Balaban J connectivity index is 2.67. The Morgan fingerprint density at radius 3 is 2.58 bits per heavy atom. The van der Waals surface area contributed by atoms with E-state index in [0.29, 0.717) is 5.69 Å². The summed E-state index contributed by atoms with van der Waals surface area (Å²) >= 11 is 0. The van der Waals surface area contributed by atoms with E-state index in [0.717, 1.165) is 10.7 Å². The lowest BCUT2D eigenvalue weighted by molar-refractivity contribution is -0.137. The van der Waals surface area contributed by atoms with Gasteiger partial charge in [-0.15, -0.1) is 0 Å². The second-order valence-electron chi connectivity index (χ2n) is 3.77. The average molecular weight is 266 g/mol. The number of halogens is 3. The van der Waals surface area contributed by atoms with Gasteiger partial charge in [0.05, 0.1) is 28.6 Å². The number of benzene rings is 1. The Morgan fingerprint density at radius 1 is 1.32 bits per heavy atom. The SMILES string of the molecule is N#Cc1cccc(-n2ccc(CN)n2)c1C(F)(F)F. The Labute approximate surface area is 106 Å². The molecule has 0 saturated heterocycles. The van der Waals surface area contributed by atoms with Crippen LogP contribution in [0.5, 0.6) is 0 Å². The number of aromatic nitrogens is 2. The highest BCUT2D eigenvalue weighted by Gasteiger charge is 2.37. The summed E-state index contributed by atoms with van der Waals surface area (Å²) in [7, 11) is 0. The van der Waals surface area contributed by atoms with E-state index in [9.17, 15) is 13.2 Å². The van der Waals surface area contributed by atoms with Gasteiger partial charge in [-0.3, -0.25) is 0 Å². The maximum Gasteiger partial charge on any atom is 0.419 e. The number of hydrogen-bond acceptors (Lipinski definition) is 3. The van der Waals surface area contributed by atoms with Crippen molar-refractivity contribution in [2.24, 2.45) is 5.73 Å². The van der Waals surface area contributed by atoms with Crippen LogP contribution in [0.25, 0.3) is 5.69 Å². The van der Waals surface area contributed by atoms with Crippen molar-refractivity contribution in [2.75, 3.05) is 0 Å². The van der Waals surface area contributed by atoms with Crippen LogP contribution in [0.15, 0.2) is 30.5 Å². The number of hydrogen-bond donors (Lipinski definition) is 1. The molecule has 4 nitrogen and oxygen atoms in total. The van der Waals surface area contributed by atoms with E-state index < -0.39 is 17.3 Å². The van der Waals surface area contributed by atoms with Crippen molar-refractivity contribution in [1.82, 2.24) is 9.78 Å². The molecule has 0 spiro atoms. The van der Waals surface area contributed by atoms with Crippen LogP contribution in [0, 0.1) is 11.3 Å². The predicted octanol–water partition coefficient (Wildman–Crippen LogP) is 2.22. The highest BCUT2D eigenvalue weighted by molar-refractivity contribution is 5.52. The van der Waals surface area contributed by atoms with Crippen LogP contribution in [0.4, 0.5) is 13.2 Å². The van der Waals surface area contributed by atoms with Gasteiger partial charge in [-0.05, 0) is 18.2 Å². The van der Waals surface area contributed by atoms with Gasteiger partial charge < -0.3 is 5.73 Å². The molecule has 0 aliphatic heterocycles. The van der Waals surface area contributed by atoms with Crippen molar-refractivity contribution in [3.63, 3.8) is 0 Å². The van der Waals surface area contributed by atoms with Crippen LogP contribution >= 0.6 is 0 Å². The number of nitrogens with two attached hydrogens (primary N) is 1. The second-order valence-corrected chi connectivity index (χ2v) is 3.77. The zero-order valence-corrected chi connectivity index (χ0v) is 9.65. The van der Waals surface area contributed by atoms with E-state index in [2.05, 4.69) is 5.10 Å². The largest absolute Gasteiger partial charge is 0.419 e. The molecule has 98 valence electrons. The van der Waals surface area contributed by atoms with Crippen molar-refractivity contribution < 1.29 is 13.2 Å². The fourth-order valence-corrected chi connectivity index (χ4v) is 1.73. The molecule has 19 heavy (non-hydrogen) atoms. The van der Waals surface area contributed by atoms with E-state index in [1.807, 2.05) is 0 Å². The smallest absolute Gasteiger partial charge is 0.325 e. The van der Waals surface area contributed by atoms with E-state index in [1.165, 1.54) is 24.4 Å². The molecule has 0 aliphatic rings. The van der Waals surface area contributed by atoms with Crippen LogP contribution in [0.1, 0.15) is 16.8 Å². The number of nitrogens with zero attached hydrogens (tertiary/aromatic N) is 3. The normalized spacial score (nSPS) is 11.3. The number of nitriles is 1. The summed E-state index contributed by atoms with van der Waals surface area (Å²) in [5.41, 5.74) is 4.22. The van der Waals surface area contributed by atoms with Gasteiger partial charge in [-0.2, -0.15) is 23.5 Å². The molecule has 1 heterocycles. The Bertz CT molecular complexity index is 637. The lowest BCUT2D eigenvalue weighted by Crippen LogP contribution is -2.14. The quantitative estimate of drug-likeness (QED) is 0.906. The third kappa shape index (κ3) is 2.44. The highest BCUT2D eigenvalue weighted by Crippen LogP contribution is 2.36. The Morgan fingerprint density at radius 2 is 2.05 bits per heavy atom. The topological polar surface area (TPSA) is 67.6 Å². The summed E-state index contributed by atoms with van der Waals surface area (Å²) in [5.74, 6) is 0. The molecule has 0 saturated carbocycles. The monoisotopic (exact) mass is 266 g/mol. The third-order valence-corrected chi connectivity index (χ3v) is 2.55. The van der Waals surface area contributed by atoms with Crippen LogP contribution in [0.2, 0.25) is 0 Å². The van der Waals surface area contributed by atoms with Gasteiger partial charge in [0.2, 0.25) is 0 Å². The first-order chi connectivity index (χ1) is 8.97. The third-order valence-electron chi connectivity index (χ3n) is 2.55. The molecule has 2 rings (SSSR count). The van der Waals surface area contributed by atoms with E-state index in [-0.39, 0.29) is 12.2 Å². The molecular weight excluding hydrogens is 257 g/mol. The minimum absolute atomic E-state index is 0.131. The minimum Gasteiger partial charge on any atom is -0.325 e. The summed E-state index contributed by atoms with van der Waals surface area (Å²) in [5, 5.41) is 12.7. The molecule has 0 amide bonds. The summed E-state index contributed by atoms with van der Waals surface area (Å²) < 4.78 is 40.2. The van der Waals surface area contributed by atoms with Crippen molar-refractivity contribution in [1.29, 1.82) is 5.26 Å². The first kappa shape index (κ1) is 13.1. The average Bonchev–Trinajstić information content (AvgIpc) is 2.85. The molecule has 0 aliphatic carbocycles. The lowest BCUT2D eigenvalue weighted by atomic mass is 10.1. The van der Waals surface area contributed by atoms with Crippen LogP contribution in [-0.2, 0) is 12.7 Å². The molecule has 1 aromatic heterocycles. The van der Waals surface area contributed by atoms with Gasteiger partial charge in [0.15, 0.2) is 0 Å². The zero-order chi connectivity index (χ0) is 14.0. The molecule has 0 atom stereocenters. The van der Waals surface area contributed by atoms with Gasteiger partial charge in [0.25, 0.3) is 0 Å². The molecule has 2 aromatic rings. The van der Waals surface area contributed by atoms with Gasteiger partial charge >= 0.3 is 6.18 Å². The van der Waals surface area contributed by atoms with Crippen molar-refractivity contribution in [3.8, 4) is 11.8 Å². The van der Waals surface area contributed by atoms with Gasteiger partial charge in [-0.1, -0.05) is 6.07 Å². The summed E-state index contributed by atoms with van der Waals surface area (Å²) in [6.45, 7) is 0.131. The van der Waals surface area contributed by atoms with Crippen molar-refractivity contribution >= 4 is 0 Å². The maximum atomic E-state index is 13.1. The lowest BCUT2D eigenvalue weighted by Gasteiger charge is -2.14. The molecule has 0 unspecified atom stereocenters. The summed E-state index contributed by atoms with van der Waals surface area (Å²) in [6.07, 6.45) is -3.25.